The van der Waals surface area contributed by atoms with Gasteiger partial charge in [-0.2, -0.15) is 0 Å². The third-order valence-electron chi connectivity index (χ3n) is 3.83. The number of hydrogen-bond donors (Lipinski definition) is 0. The molecule has 1 aliphatic heterocycles. The summed E-state index contributed by atoms with van der Waals surface area (Å²) in [5.74, 6) is 0. The van der Waals surface area contributed by atoms with E-state index < -0.39 is 0 Å². The van der Waals surface area contributed by atoms with E-state index in [1.807, 2.05) is 0 Å². The van der Waals surface area contributed by atoms with Crippen molar-refractivity contribution in [2.45, 2.75) is 39.3 Å². The van der Waals surface area contributed by atoms with Gasteiger partial charge in [0, 0.05) is 17.6 Å². The van der Waals surface area contributed by atoms with E-state index in [-0.39, 0.29) is 33.0 Å². The fourth-order valence-corrected chi connectivity index (χ4v) is 6.03. The average Bonchev–Trinajstić information content (AvgIpc) is 3.08. The van der Waals surface area contributed by atoms with E-state index >= 15 is 0 Å². The predicted octanol–water partition coefficient (Wildman–Crippen LogP) is 6.69. The second kappa shape index (κ2) is 12.2. The summed E-state index contributed by atoms with van der Waals surface area (Å²) in [7, 11) is 0.241. The van der Waals surface area contributed by atoms with Crippen molar-refractivity contribution < 1.29 is 0 Å². The number of benzene rings is 3. The molecule has 0 atom stereocenters. The third-order valence-corrected chi connectivity index (χ3v) is 6.97. The molecule has 4 rings (SSSR count). The molecule has 1 aliphatic rings. The van der Waals surface area contributed by atoms with Crippen molar-refractivity contribution in [3.8, 4) is 0 Å². The van der Waals surface area contributed by atoms with Gasteiger partial charge in [0.05, 0.1) is 0 Å². The van der Waals surface area contributed by atoms with Crippen molar-refractivity contribution in [2.24, 2.45) is 0 Å². The van der Waals surface area contributed by atoms with Crippen LogP contribution in [0, 0.1) is 0 Å². The molecule has 0 fully saturated rings. The van der Waals surface area contributed by atoms with Crippen LogP contribution in [-0.2, 0) is 0 Å². The van der Waals surface area contributed by atoms with Gasteiger partial charge in [-0.15, -0.1) is 0 Å². The Hall–Kier alpha value is -1.62. The van der Waals surface area contributed by atoms with Crippen molar-refractivity contribution in [3.63, 3.8) is 0 Å². The topological polar surface area (TPSA) is 0 Å². The molecule has 0 nitrogen and oxygen atoms in total. The first-order chi connectivity index (χ1) is 13.9. The van der Waals surface area contributed by atoms with Gasteiger partial charge in [-0.25, -0.2) is 0 Å². The molecular formula is C26H32GeSi2. The normalized spacial score (nSPS) is 12.1. The monoisotopic (exact) mass is 474 g/mol. The Morgan fingerprint density at radius 3 is 1.45 bits per heavy atom. The van der Waals surface area contributed by atoms with Crippen LogP contribution in [0.1, 0.15) is 16.7 Å². The van der Waals surface area contributed by atoms with Crippen LogP contribution in [0.2, 0.25) is 39.3 Å². The summed E-state index contributed by atoms with van der Waals surface area (Å²) >= 11 is -0.262. The molecule has 0 aromatic heterocycles. The first kappa shape index (κ1) is 23.7. The minimum atomic E-state index is -0.262. The predicted molar refractivity (Wildman–Crippen MR) is 137 cm³/mol. The summed E-state index contributed by atoms with van der Waals surface area (Å²) in [6.07, 6.45) is 0. The van der Waals surface area contributed by atoms with Gasteiger partial charge < -0.3 is 0 Å². The van der Waals surface area contributed by atoms with Gasteiger partial charge in [-0.3, -0.25) is 0 Å². The summed E-state index contributed by atoms with van der Waals surface area (Å²) in [4.78, 5) is 0. The maximum absolute atomic E-state index is 2.30. The van der Waals surface area contributed by atoms with E-state index in [9.17, 15) is 0 Å². The second-order valence-electron chi connectivity index (χ2n) is 8.15. The van der Waals surface area contributed by atoms with Gasteiger partial charge in [0.15, 0.2) is 0 Å². The molecule has 1 heterocycles. The van der Waals surface area contributed by atoms with E-state index in [0.717, 1.165) is 0 Å². The van der Waals surface area contributed by atoms with Gasteiger partial charge in [0.2, 0.25) is 0 Å². The molecule has 4 radical (unpaired) electrons. The van der Waals surface area contributed by atoms with Crippen LogP contribution in [0.15, 0.2) is 84.9 Å². The molecule has 3 aromatic carbocycles. The van der Waals surface area contributed by atoms with Gasteiger partial charge in [-0.05, 0) is 0 Å². The average molecular weight is 473 g/mol. The van der Waals surface area contributed by atoms with E-state index in [1.165, 1.54) is 22.3 Å². The second-order valence-corrected chi connectivity index (χ2v) is 16.9. The van der Waals surface area contributed by atoms with Gasteiger partial charge in [0.25, 0.3) is 0 Å². The van der Waals surface area contributed by atoms with Crippen LogP contribution in [0.5, 0.6) is 0 Å². The molecule has 0 N–H and O–H groups in total. The molecule has 0 bridgehead atoms. The SMILES string of the molecule is C[Si](C)C.C[Si](C)C.c1ccc([C]2=C(c3ccccc3)c3cccc[c]3[Ge]2)cc1. The Bertz CT molecular complexity index is 889. The zero-order valence-corrected chi connectivity index (χ0v) is 22.7. The van der Waals surface area contributed by atoms with Crippen LogP contribution in [0.4, 0.5) is 0 Å². The molecule has 0 unspecified atom stereocenters. The van der Waals surface area contributed by atoms with Gasteiger partial charge in [0.1, 0.15) is 0 Å². The molecule has 0 spiro atoms. The Kier molecular flexibility index (Phi) is 9.92. The molecule has 29 heavy (non-hydrogen) atoms. The number of fused-ring (bicyclic) bond motifs is 1. The van der Waals surface area contributed by atoms with Crippen molar-refractivity contribution in [3.05, 3.63) is 102 Å². The summed E-state index contributed by atoms with van der Waals surface area (Å²) in [5.41, 5.74) is 5.59. The van der Waals surface area contributed by atoms with Crippen LogP contribution >= 0.6 is 0 Å². The van der Waals surface area contributed by atoms with Crippen LogP contribution < -0.4 is 4.40 Å². The molecule has 0 saturated heterocycles. The van der Waals surface area contributed by atoms with Crippen LogP contribution in [0.3, 0.4) is 0 Å². The molecular weight excluding hydrogens is 441 g/mol. The number of hydrogen-bond acceptors (Lipinski definition) is 0. The molecule has 3 heteroatoms. The van der Waals surface area contributed by atoms with E-state index in [1.54, 1.807) is 8.80 Å². The number of rotatable bonds is 2. The van der Waals surface area contributed by atoms with Crippen LogP contribution in [0.25, 0.3) is 9.98 Å². The Morgan fingerprint density at radius 2 is 0.931 bits per heavy atom. The Labute approximate surface area is 187 Å². The maximum atomic E-state index is 2.30. The summed E-state index contributed by atoms with van der Waals surface area (Å²) < 4.78 is 3.11. The van der Waals surface area contributed by atoms with Crippen molar-refractivity contribution in [1.82, 2.24) is 0 Å². The van der Waals surface area contributed by atoms with Crippen LogP contribution in [-0.4, -0.2) is 33.0 Å². The molecule has 0 amide bonds. The fraction of sp³-hybridized carbons (Fsp3) is 0.231. The zero-order chi connectivity index (χ0) is 21.2. The molecule has 148 valence electrons. The van der Waals surface area contributed by atoms with E-state index in [2.05, 4.69) is 124 Å². The van der Waals surface area contributed by atoms with Crippen molar-refractivity contribution in [2.75, 3.05) is 0 Å². The Morgan fingerprint density at radius 1 is 0.517 bits per heavy atom. The standard InChI is InChI=1S/C20H14Ge.2C3H9Si/c1-3-9-15(10-4-1)19-17-13-7-8-14-18(17)21-20(19)16-11-5-2-6-12-16;2*1-4(2)3/h1-14H;2*1-3H3. The Balaban J connectivity index is 0.000000324. The summed E-state index contributed by atoms with van der Waals surface area (Å²) in [6.45, 7) is 13.6. The summed E-state index contributed by atoms with van der Waals surface area (Å²) in [5, 5.41) is 0. The summed E-state index contributed by atoms with van der Waals surface area (Å²) in [6, 6.07) is 30.6. The van der Waals surface area contributed by atoms with E-state index in [4.69, 9.17) is 0 Å². The van der Waals surface area contributed by atoms with E-state index in [0.29, 0.717) is 0 Å². The van der Waals surface area contributed by atoms with Gasteiger partial charge in [-0.1, -0.05) is 39.3 Å². The van der Waals surface area contributed by atoms with Crippen molar-refractivity contribution >= 4 is 47.4 Å². The first-order valence-electron chi connectivity index (χ1n) is 10.1. The fourth-order valence-electron chi connectivity index (χ4n) is 2.87. The van der Waals surface area contributed by atoms with Crippen molar-refractivity contribution in [1.29, 1.82) is 0 Å². The molecule has 0 saturated carbocycles. The molecule has 3 aromatic rings. The minimum absolute atomic E-state index is 0.120. The first-order valence-corrected chi connectivity index (χ1v) is 18.2. The zero-order valence-electron chi connectivity index (χ0n) is 18.6. The third kappa shape index (κ3) is 7.61. The quantitative estimate of drug-likeness (QED) is 0.364. The molecule has 0 aliphatic carbocycles. The van der Waals surface area contributed by atoms with Gasteiger partial charge >= 0.3 is 131 Å².